The van der Waals surface area contributed by atoms with E-state index in [0.717, 1.165) is 22.8 Å². The molecule has 4 nitrogen and oxygen atoms in total. The van der Waals surface area contributed by atoms with Gasteiger partial charge in [-0.3, -0.25) is 0 Å². The molecule has 4 rings (SSSR count). The number of hydrogen-bond donors (Lipinski definition) is 1. The highest BCUT2D eigenvalue weighted by molar-refractivity contribution is 6.13. The first-order valence-electron chi connectivity index (χ1n) is 10.1. The van der Waals surface area contributed by atoms with Crippen LogP contribution >= 0.6 is 12.4 Å². The lowest BCUT2D eigenvalue weighted by Crippen LogP contribution is -2.34. The molecule has 3 aromatic rings. The van der Waals surface area contributed by atoms with Crippen LogP contribution in [0, 0.1) is 5.92 Å². The molecule has 0 radical (unpaired) electrons. The summed E-state index contributed by atoms with van der Waals surface area (Å²) in [5.41, 5.74) is 2.74. The van der Waals surface area contributed by atoms with Gasteiger partial charge in [0.15, 0.2) is 0 Å². The molecule has 0 amide bonds. The second-order valence-corrected chi connectivity index (χ2v) is 7.72. The summed E-state index contributed by atoms with van der Waals surface area (Å²) in [6.45, 7) is 5.81. The van der Waals surface area contributed by atoms with Gasteiger partial charge < -0.3 is 14.4 Å². The van der Waals surface area contributed by atoms with Gasteiger partial charge in [0.1, 0.15) is 16.7 Å². The van der Waals surface area contributed by atoms with E-state index in [1.807, 2.05) is 30.3 Å². The Hall–Kier alpha value is -2.04. The van der Waals surface area contributed by atoms with Gasteiger partial charge in [-0.1, -0.05) is 37.6 Å². The van der Waals surface area contributed by atoms with Gasteiger partial charge in [-0.15, -0.1) is 12.4 Å². The Morgan fingerprint density at radius 2 is 1.93 bits per heavy atom. The van der Waals surface area contributed by atoms with Crippen LogP contribution < -0.4 is 0 Å². The van der Waals surface area contributed by atoms with Crippen LogP contribution in [-0.2, 0) is 6.42 Å². The van der Waals surface area contributed by atoms with E-state index in [1.165, 1.54) is 50.9 Å². The second-order valence-electron chi connectivity index (χ2n) is 7.72. The van der Waals surface area contributed by atoms with Crippen molar-refractivity contribution in [3.63, 3.8) is 0 Å². The largest absolute Gasteiger partial charge is 0.478 e. The minimum atomic E-state index is -0.935. The predicted molar refractivity (Wildman–Crippen MR) is 116 cm³/mol. The molecule has 0 unspecified atom stereocenters. The molecule has 0 aliphatic carbocycles. The molecule has 0 atom stereocenters. The van der Waals surface area contributed by atoms with Gasteiger partial charge in [0.05, 0.1) is 0 Å². The molecule has 1 aromatic heterocycles. The van der Waals surface area contributed by atoms with Crippen molar-refractivity contribution in [2.75, 3.05) is 19.6 Å². The van der Waals surface area contributed by atoms with Gasteiger partial charge >= 0.3 is 5.97 Å². The van der Waals surface area contributed by atoms with Crippen molar-refractivity contribution in [1.82, 2.24) is 4.90 Å². The monoisotopic (exact) mass is 401 g/mol. The summed E-state index contributed by atoms with van der Waals surface area (Å²) >= 11 is 0. The van der Waals surface area contributed by atoms with Gasteiger partial charge in [-0.2, -0.15) is 0 Å². The van der Waals surface area contributed by atoms with Crippen molar-refractivity contribution >= 4 is 40.3 Å². The number of unbranched alkanes of at least 4 members (excludes halogenated alkanes) is 1. The average Bonchev–Trinajstić information content (AvgIpc) is 3.07. The van der Waals surface area contributed by atoms with E-state index in [9.17, 15) is 9.90 Å². The maximum absolute atomic E-state index is 11.6. The van der Waals surface area contributed by atoms with Crippen LogP contribution in [0.4, 0.5) is 0 Å². The molecule has 150 valence electrons. The van der Waals surface area contributed by atoms with E-state index in [4.69, 9.17) is 4.42 Å². The van der Waals surface area contributed by atoms with E-state index in [-0.39, 0.29) is 18.0 Å². The third-order valence-electron chi connectivity index (χ3n) is 5.89. The highest BCUT2D eigenvalue weighted by atomic mass is 35.5. The average molecular weight is 402 g/mol. The number of nitrogens with zero attached hydrogens (tertiary/aromatic N) is 1. The number of carbonyl (C=O) groups is 1. The number of piperidine rings is 1. The Bertz CT molecular complexity index is 957. The Morgan fingerprint density at radius 1 is 1.18 bits per heavy atom. The molecular weight excluding hydrogens is 374 g/mol. The van der Waals surface area contributed by atoms with Gasteiger partial charge in [-0.05, 0) is 68.9 Å². The zero-order chi connectivity index (χ0) is 18.8. The van der Waals surface area contributed by atoms with Crippen molar-refractivity contribution in [1.29, 1.82) is 0 Å². The van der Waals surface area contributed by atoms with Crippen LogP contribution in [0.15, 0.2) is 40.8 Å². The molecular formula is C23H28ClNO3. The lowest BCUT2D eigenvalue weighted by molar-refractivity contribution is 0.0698. The summed E-state index contributed by atoms with van der Waals surface area (Å²) in [7, 11) is 0. The van der Waals surface area contributed by atoms with E-state index in [0.29, 0.717) is 11.5 Å². The molecule has 0 bridgehead atoms. The third-order valence-corrected chi connectivity index (χ3v) is 5.89. The normalized spacial score (nSPS) is 15.8. The summed E-state index contributed by atoms with van der Waals surface area (Å²) in [4.78, 5) is 14.2. The molecule has 1 aliphatic rings. The quantitative estimate of drug-likeness (QED) is 0.570. The molecule has 2 heterocycles. The summed E-state index contributed by atoms with van der Waals surface area (Å²) in [5.74, 6) is -0.287. The number of benzene rings is 2. The molecule has 0 saturated carbocycles. The molecule has 1 N–H and O–H groups in total. The maximum Gasteiger partial charge on any atom is 0.339 e. The van der Waals surface area contributed by atoms with Crippen molar-refractivity contribution < 1.29 is 14.3 Å². The minimum absolute atomic E-state index is 0. The molecule has 1 fully saturated rings. The van der Waals surface area contributed by atoms with E-state index >= 15 is 0 Å². The highest BCUT2D eigenvalue weighted by Gasteiger charge is 2.23. The summed E-state index contributed by atoms with van der Waals surface area (Å²) in [5, 5.41) is 11.6. The lowest BCUT2D eigenvalue weighted by atomic mass is 9.88. The Morgan fingerprint density at radius 3 is 2.64 bits per heavy atom. The van der Waals surface area contributed by atoms with Gasteiger partial charge in [-0.25, -0.2) is 4.79 Å². The fraction of sp³-hybridized carbons (Fsp3) is 0.435. The fourth-order valence-corrected chi connectivity index (χ4v) is 4.34. The number of furan rings is 1. The van der Waals surface area contributed by atoms with Gasteiger partial charge in [0.2, 0.25) is 0 Å². The number of aromatic carboxylic acids is 1. The molecule has 0 spiro atoms. The molecule has 2 aromatic carbocycles. The Labute approximate surface area is 171 Å². The fourth-order valence-electron chi connectivity index (χ4n) is 4.34. The third kappa shape index (κ3) is 4.03. The number of carboxylic acid groups (broad SMARTS) is 1. The predicted octanol–water partition coefficient (Wildman–Crippen LogP) is 5.76. The Balaban J connectivity index is 0.00000225. The number of rotatable bonds is 6. The number of fused-ring (bicyclic) bond motifs is 3. The Kier molecular flexibility index (Phi) is 6.63. The van der Waals surface area contributed by atoms with Crippen LogP contribution in [0.2, 0.25) is 0 Å². The number of hydrogen-bond acceptors (Lipinski definition) is 3. The van der Waals surface area contributed by atoms with Crippen LogP contribution in [0.5, 0.6) is 0 Å². The lowest BCUT2D eigenvalue weighted by Gasteiger charge is -2.32. The van der Waals surface area contributed by atoms with Crippen molar-refractivity contribution in [3.05, 3.63) is 47.5 Å². The number of carboxylic acids is 1. The summed E-state index contributed by atoms with van der Waals surface area (Å²) in [6, 6.07) is 11.6. The standard InChI is InChI=1S/C23H27NO3.ClH/c1-2-3-12-24-13-10-16(11-14-24)15-17-8-9-19(23(25)26)22-21(17)18-6-4-5-7-20(18)27-22;/h4-9,16H,2-3,10-15H2,1H3,(H,25,26);1H. The van der Waals surface area contributed by atoms with Crippen LogP contribution in [0.1, 0.15) is 48.5 Å². The molecule has 1 saturated heterocycles. The highest BCUT2D eigenvalue weighted by Crippen LogP contribution is 2.35. The first-order valence-corrected chi connectivity index (χ1v) is 10.1. The van der Waals surface area contributed by atoms with Crippen LogP contribution in [0.3, 0.4) is 0 Å². The zero-order valence-corrected chi connectivity index (χ0v) is 17.1. The molecule has 1 aliphatic heterocycles. The van der Waals surface area contributed by atoms with E-state index in [1.54, 1.807) is 6.07 Å². The first kappa shape index (κ1) is 20.7. The summed E-state index contributed by atoms with van der Waals surface area (Å²) in [6.07, 6.45) is 5.94. The number of halogens is 1. The maximum atomic E-state index is 11.6. The van der Waals surface area contributed by atoms with Crippen molar-refractivity contribution in [2.24, 2.45) is 5.92 Å². The smallest absolute Gasteiger partial charge is 0.339 e. The zero-order valence-electron chi connectivity index (χ0n) is 16.3. The number of likely N-dealkylation sites (tertiary alicyclic amines) is 1. The second kappa shape index (κ2) is 8.97. The minimum Gasteiger partial charge on any atom is -0.478 e. The first-order chi connectivity index (χ1) is 13.2. The van der Waals surface area contributed by atoms with E-state index < -0.39 is 5.97 Å². The molecule has 28 heavy (non-hydrogen) atoms. The van der Waals surface area contributed by atoms with Crippen molar-refractivity contribution in [3.8, 4) is 0 Å². The van der Waals surface area contributed by atoms with Crippen LogP contribution in [-0.4, -0.2) is 35.6 Å². The van der Waals surface area contributed by atoms with E-state index in [2.05, 4.69) is 11.8 Å². The van der Waals surface area contributed by atoms with Crippen molar-refractivity contribution in [2.45, 2.75) is 39.0 Å². The number of para-hydroxylation sites is 1. The molecule has 5 heteroatoms. The van der Waals surface area contributed by atoms with Crippen LogP contribution in [0.25, 0.3) is 21.9 Å². The topological polar surface area (TPSA) is 53.7 Å². The summed E-state index contributed by atoms with van der Waals surface area (Å²) < 4.78 is 5.95. The van der Waals surface area contributed by atoms with Gasteiger partial charge in [0.25, 0.3) is 0 Å². The SMILES string of the molecule is CCCCN1CCC(Cc2ccc(C(=O)O)c3oc4ccccc4c23)CC1.Cl. The van der Waals surface area contributed by atoms with Gasteiger partial charge in [0, 0.05) is 10.8 Å².